The van der Waals surface area contributed by atoms with Crippen LogP contribution in [-0.4, -0.2) is 41.4 Å². The first-order chi connectivity index (χ1) is 9.31. The minimum Gasteiger partial charge on any atom is -0.394 e. The highest BCUT2D eigenvalue weighted by Crippen LogP contribution is 2.21. The van der Waals surface area contributed by atoms with E-state index in [0.717, 1.165) is 33.3 Å². The molecule has 1 heterocycles. The van der Waals surface area contributed by atoms with Crippen LogP contribution in [0.2, 0.25) is 0 Å². The second kappa shape index (κ2) is 7.56. The average Bonchev–Trinajstić information content (AvgIpc) is 2.43. The minimum atomic E-state index is 0.0718. The smallest absolute Gasteiger partial charge is 0.137 e. The number of anilines is 1. The molecule has 1 aromatic heterocycles. The van der Waals surface area contributed by atoms with Gasteiger partial charge in [0.2, 0.25) is 0 Å². The predicted octanol–water partition coefficient (Wildman–Crippen LogP) is 2.05. The van der Waals surface area contributed by atoms with Crippen molar-refractivity contribution in [1.29, 1.82) is 0 Å². The highest BCUT2D eigenvalue weighted by atomic mass is 127. The number of benzene rings is 1. The number of hydrogen-bond acceptors (Lipinski definition) is 5. The van der Waals surface area contributed by atoms with E-state index in [0.29, 0.717) is 13.2 Å². The maximum Gasteiger partial charge on any atom is 0.137 e. The van der Waals surface area contributed by atoms with Crippen LogP contribution < -0.4 is 5.32 Å². The highest BCUT2D eigenvalue weighted by Gasteiger charge is 2.03. The Balaban J connectivity index is 1.95. The van der Waals surface area contributed by atoms with Crippen LogP contribution in [0.4, 0.5) is 5.82 Å². The molecule has 0 fully saturated rings. The molecule has 19 heavy (non-hydrogen) atoms. The van der Waals surface area contributed by atoms with E-state index in [2.05, 4.69) is 43.9 Å². The fourth-order valence-corrected chi connectivity index (χ4v) is 2.21. The number of aliphatic hydroxyl groups excluding tert-OH is 1. The molecule has 0 aliphatic carbocycles. The Morgan fingerprint density at radius 3 is 3.00 bits per heavy atom. The summed E-state index contributed by atoms with van der Waals surface area (Å²) in [5, 5.41) is 12.9. The zero-order valence-corrected chi connectivity index (χ0v) is 12.6. The molecule has 0 unspecified atom stereocenters. The third-order valence-electron chi connectivity index (χ3n) is 2.59. The van der Waals surface area contributed by atoms with Crippen LogP contribution in [0, 0.1) is 3.57 Å². The van der Waals surface area contributed by atoms with E-state index in [1.54, 1.807) is 6.33 Å². The Bertz CT molecular complexity index is 536. The van der Waals surface area contributed by atoms with Crippen LogP contribution in [0.1, 0.15) is 6.42 Å². The van der Waals surface area contributed by atoms with Gasteiger partial charge >= 0.3 is 0 Å². The van der Waals surface area contributed by atoms with Gasteiger partial charge in [-0.1, -0.05) is 0 Å². The van der Waals surface area contributed by atoms with Crippen molar-refractivity contribution in [2.45, 2.75) is 6.42 Å². The Labute approximate surface area is 125 Å². The molecule has 6 heteroatoms. The van der Waals surface area contributed by atoms with E-state index < -0.39 is 0 Å². The number of aromatic nitrogens is 2. The molecule has 102 valence electrons. The van der Waals surface area contributed by atoms with Crippen molar-refractivity contribution in [1.82, 2.24) is 9.97 Å². The third kappa shape index (κ3) is 4.26. The molecule has 0 atom stereocenters. The van der Waals surface area contributed by atoms with Gasteiger partial charge in [0, 0.05) is 22.1 Å². The van der Waals surface area contributed by atoms with E-state index in [4.69, 9.17) is 9.84 Å². The Kier molecular flexibility index (Phi) is 5.74. The van der Waals surface area contributed by atoms with Crippen molar-refractivity contribution < 1.29 is 9.84 Å². The van der Waals surface area contributed by atoms with Crippen molar-refractivity contribution in [2.24, 2.45) is 0 Å². The number of nitrogens with zero attached hydrogens (tertiary/aromatic N) is 2. The lowest BCUT2D eigenvalue weighted by molar-refractivity contribution is 0.0922. The molecule has 2 rings (SSSR count). The molecule has 0 amide bonds. The Morgan fingerprint density at radius 1 is 1.26 bits per heavy atom. The minimum absolute atomic E-state index is 0.0718. The first kappa shape index (κ1) is 14.4. The number of halogens is 1. The predicted molar refractivity (Wildman–Crippen MR) is 83.3 cm³/mol. The molecule has 0 aliphatic rings. The van der Waals surface area contributed by atoms with Gasteiger partial charge in [0.1, 0.15) is 12.1 Å². The van der Waals surface area contributed by atoms with Crippen LogP contribution in [0.15, 0.2) is 24.5 Å². The normalized spacial score (nSPS) is 10.8. The first-order valence-corrected chi connectivity index (χ1v) is 7.22. The lowest BCUT2D eigenvalue weighted by atomic mass is 10.2. The molecule has 1 aromatic carbocycles. The topological polar surface area (TPSA) is 67.3 Å². The van der Waals surface area contributed by atoms with Gasteiger partial charge < -0.3 is 15.2 Å². The largest absolute Gasteiger partial charge is 0.394 e. The maximum absolute atomic E-state index is 8.59. The van der Waals surface area contributed by atoms with Crippen molar-refractivity contribution >= 4 is 39.3 Å². The molecule has 2 N–H and O–H groups in total. The molecule has 2 aromatic rings. The summed E-state index contributed by atoms with van der Waals surface area (Å²) in [6, 6.07) is 6.09. The van der Waals surface area contributed by atoms with Crippen LogP contribution in [-0.2, 0) is 4.74 Å². The first-order valence-electron chi connectivity index (χ1n) is 6.14. The standard InChI is InChI=1S/C13H16IN3O2/c14-10-2-3-12-11(8-10)13(17-9-16-12)15-4-1-6-19-7-5-18/h2-3,8-9,18H,1,4-7H2,(H,15,16,17). The lowest BCUT2D eigenvalue weighted by Gasteiger charge is -2.08. The van der Waals surface area contributed by atoms with E-state index in [-0.39, 0.29) is 6.61 Å². The van der Waals surface area contributed by atoms with Crippen LogP contribution in [0.5, 0.6) is 0 Å². The lowest BCUT2D eigenvalue weighted by Crippen LogP contribution is -2.09. The van der Waals surface area contributed by atoms with Crippen molar-refractivity contribution in [3.05, 3.63) is 28.1 Å². The van der Waals surface area contributed by atoms with Gasteiger partial charge in [0.15, 0.2) is 0 Å². The van der Waals surface area contributed by atoms with Crippen molar-refractivity contribution in [2.75, 3.05) is 31.7 Å². The van der Waals surface area contributed by atoms with Gasteiger partial charge in [0.25, 0.3) is 0 Å². The summed E-state index contributed by atoms with van der Waals surface area (Å²) >= 11 is 2.28. The summed E-state index contributed by atoms with van der Waals surface area (Å²) < 4.78 is 6.36. The second-order valence-corrected chi connectivity index (χ2v) is 5.25. The monoisotopic (exact) mass is 373 g/mol. The zero-order valence-electron chi connectivity index (χ0n) is 10.5. The molecule has 0 aliphatic heterocycles. The van der Waals surface area contributed by atoms with Crippen LogP contribution >= 0.6 is 22.6 Å². The fraction of sp³-hybridized carbons (Fsp3) is 0.385. The molecule has 0 saturated heterocycles. The van der Waals surface area contributed by atoms with Gasteiger partial charge in [-0.25, -0.2) is 9.97 Å². The second-order valence-electron chi connectivity index (χ2n) is 4.00. The summed E-state index contributed by atoms with van der Waals surface area (Å²) in [6.45, 7) is 1.88. The highest BCUT2D eigenvalue weighted by molar-refractivity contribution is 14.1. The number of nitrogens with one attached hydrogen (secondary N) is 1. The molecule has 5 nitrogen and oxygen atoms in total. The van der Waals surface area contributed by atoms with Crippen molar-refractivity contribution in [3.8, 4) is 0 Å². The fourth-order valence-electron chi connectivity index (χ4n) is 1.72. The van der Waals surface area contributed by atoms with Gasteiger partial charge in [-0.05, 0) is 47.2 Å². The molecular formula is C13H16IN3O2. The Morgan fingerprint density at radius 2 is 2.16 bits per heavy atom. The van der Waals surface area contributed by atoms with E-state index >= 15 is 0 Å². The number of fused-ring (bicyclic) bond motifs is 1. The summed E-state index contributed by atoms with van der Waals surface area (Å²) in [5.41, 5.74) is 0.939. The zero-order chi connectivity index (χ0) is 13.5. The molecule has 0 saturated carbocycles. The molecule has 0 spiro atoms. The number of ether oxygens (including phenoxy) is 1. The molecule has 0 radical (unpaired) electrons. The third-order valence-corrected chi connectivity index (χ3v) is 3.26. The number of hydrogen-bond donors (Lipinski definition) is 2. The SMILES string of the molecule is OCCOCCCNc1ncnc2ccc(I)cc12. The van der Waals surface area contributed by atoms with Gasteiger partial charge in [-0.2, -0.15) is 0 Å². The van der Waals surface area contributed by atoms with E-state index in [1.807, 2.05) is 12.1 Å². The van der Waals surface area contributed by atoms with Crippen molar-refractivity contribution in [3.63, 3.8) is 0 Å². The average molecular weight is 373 g/mol. The summed E-state index contributed by atoms with van der Waals surface area (Å²) in [5.74, 6) is 0.852. The summed E-state index contributed by atoms with van der Waals surface area (Å²) in [7, 11) is 0. The maximum atomic E-state index is 8.59. The molecule has 0 bridgehead atoms. The molecular weight excluding hydrogens is 357 g/mol. The van der Waals surface area contributed by atoms with E-state index in [1.165, 1.54) is 0 Å². The quantitative estimate of drug-likeness (QED) is 0.575. The van der Waals surface area contributed by atoms with Crippen LogP contribution in [0.25, 0.3) is 10.9 Å². The van der Waals surface area contributed by atoms with Gasteiger partial charge in [0.05, 0.1) is 18.7 Å². The van der Waals surface area contributed by atoms with E-state index in [9.17, 15) is 0 Å². The summed E-state index contributed by atoms with van der Waals surface area (Å²) in [4.78, 5) is 8.52. The number of aliphatic hydroxyl groups is 1. The van der Waals surface area contributed by atoms with Gasteiger partial charge in [-0.15, -0.1) is 0 Å². The Hall–Kier alpha value is -0.990. The van der Waals surface area contributed by atoms with Crippen LogP contribution in [0.3, 0.4) is 0 Å². The van der Waals surface area contributed by atoms with Gasteiger partial charge in [-0.3, -0.25) is 0 Å². The number of rotatable bonds is 7. The summed E-state index contributed by atoms with van der Waals surface area (Å²) in [6.07, 6.45) is 2.44.